The van der Waals surface area contributed by atoms with E-state index in [1.807, 2.05) is 18.2 Å². The molecule has 1 aliphatic rings. The van der Waals surface area contributed by atoms with Crippen LogP contribution in [0.15, 0.2) is 34.1 Å². The van der Waals surface area contributed by atoms with Crippen molar-refractivity contribution >= 4 is 34.4 Å². The molecule has 11 heteroatoms. The number of halogens is 2. The number of aliphatic hydroxyl groups is 1. The summed E-state index contributed by atoms with van der Waals surface area (Å²) in [5.74, 6) is 0. The van der Waals surface area contributed by atoms with Crippen molar-refractivity contribution in [2.24, 2.45) is 14.1 Å². The van der Waals surface area contributed by atoms with Crippen LogP contribution in [-0.2, 0) is 27.2 Å². The van der Waals surface area contributed by atoms with Crippen molar-refractivity contribution in [2.75, 3.05) is 32.7 Å². The summed E-state index contributed by atoms with van der Waals surface area (Å²) in [6.45, 7) is 4.95. The van der Waals surface area contributed by atoms with Crippen LogP contribution in [0.1, 0.15) is 5.56 Å². The summed E-state index contributed by atoms with van der Waals surface area (Å²) >= 11 is 12.1. The van der Waals surface area contributed by atoms with Gasteiger partial charge in [-0.3, -0.25) is 23.7 Å². The van der Waals surface area contributed by atoms with Gasteiger partial charge in [0.15, 0.2) is 11.2 Å². The van der Waals surface area contributed by atoms with Gasteiger partial charge in [0.1, 0.15) is 0 Å². The Morgan fingerprint density at radius 3 is 2.38 bits per heavy atom. The third-order valence-corrected chi connectivity index (χ3v) is 6.69. The van der Waals surface area contributed by atoms with Gasteiger partial charge in [0.25, 0.3) is 5.56 Å². The smallest absolute Gasteiger partial charge is 0.332 e. The molecule has 1 atom stereocenters. The van der Waals surface area contributed by atoms with Gasteiger partial charge in [-0.05, 0) is 17.7 Å². The first kappa shape index (κ1) is 23.0. The van der Waals surface area contributed by atoms with Gasteiger partial charge in [-0.2, -0.15) is 0 Å². The number of nitrogens with zero attached hydrogens (tertiary/aromatic N) is 6. The van der Waals surface area contributed by atoms with Crippen molar-refractivity contribution in [3.8, 4) is 0 Å². The maximum Gasteiger partial charge on any atom is 0.332 e. The van der Waals surface area contributed by atoms with E-state index in [2.05, 4.69) is 14.8 Å². The molecule has 3 heterocycles. The lowest BCUT2D eigenvalue weighted by atomic mass is 10.2. The number of fused-ring (bicyclic) bond motifs is 1. The fourth-order valence-corrected chi connectivity index (χ4v) is 4.47. The summed E-state index contributed by atoms with van der Waals surface area (Å²) < 4.78 is 4.02. The first-order chi connectivity index (χ1) is 15.2. The van der Waals surface area contributed by atoms with Crippen LogP contribution in [0.2, 0.25) is 10.0 Å². The molecule has 1 unspecified atom stereocenters. The predicted molar refractivity (Wildman–Crippen MR) is 124 cm³/mol. The van der Waals surface area contributed by atoms with Crippen LogP contribution in [0.25, 0.3) is 11.2 Å². The number of aliphatic hydroxyl groups excluding tert-OH is 1. The van der Waals surface area contributed by atoms with Crippen LogP contribution in [0, 0.1) is 0 Å². The first-order valence-electron chi connectivity index (χ1n) is 10.4. The molecule has 1 aliphatic heterocycles. The van der Waals surface area contributed by atoms with Gasteiger partial charge in [-0.25, -0.2) is 9.78 Å². The van der Waals surface area contributed by atoms with Gasteiger partial charge >= 0.3 is 5.69 Å². The zero-order valence-corrected chi connectivity index (χ0v) is 19.6. The highest BCUT2D eigenvalue weighted by atomic mass is 35.5. The number of piperazine rings is 1. The Bertz CT molecular complexity index is 1240. The van der Waals surface area contributed by atoms with Crippen LogP contribution in [0.5, 0.6) is 0 Å². The summed E-state index contributed by atoms with van der Waals surface area (Å²) in [6, 6.07) is 5.70. The lowest BCUT2D eigenvalue weighted by Crippen LogP contribution is -2.48. The standard InChI is InChI=1S/C21H26Cl2N6O3/c1-25-19-18(20(31)26(2)21(25)32)29(13-24-19)12-15(30)11-28-7-5-27(6-8-28)10-14-3-4-16(22)17(23)9-14/h3-4,9,13,15,30H,5-8,10-12H2,1-2H3. The average Bonchev–Trinajstić information content (AvgIpc) is 3.18. The van der Waals surface area contributed by atoms with Crippen LogP contribution >= 0.6 is 23.2 Å². The maximum absolute atomic E-state index is 12.6. The molecule has 0 bridgehead atoms. The van der Waals surface area contributed by atoms with E-state index in [9.17, 15) is 14.7 Å². The number of hydrogen-bond donors (Lipinski definition) is 1. The fourth-order valence-electron chi connectivity index (χ4n) is 4.14. The second-order valence-electron chi connectivity index (χ2n) is 8.25. The molecule has 1 N–H and O–H groups in total. The summed E-state index contributed by atoms with van der Waals surface area (Å²) in [7, 11) is 3.02. The zero-order valence-electron chi connectivity index (χ0n) is 18.0. The highest BCUT2D eigenvalue weighted by Gasteiger charge is 2.21. The van der Waals surface area contributed by atoms with E-state index in [1.165, 1.54) is 17.9 Å². The molecule has 1 fully saturated rings. The van der Waals surface area contributed by atoms with Gasteiger partial charge < -0.3 is 9.67 Å². The van der Waals surface area contributed by atoms with Crippen molar-refractivity contribution in [2.45, 2.75) is 19.2 Å². The monoisotopic (exact) mass is 480 g/mol. The van der Waals surface area contributed by atoms with Crippen LogP contribution in [0.3, 0.4) is 0 Å². The van der Waals surface area contributed by atoms with Crippen LogP contribution in [-0.4, -0.2) is 72.4 Å². The third kappa shape index (κ3) is 4.62. The fraction of sp³-hybridized carbons (Fsp3) is 0.476. The van der Waals surface area contributed by atoms with Crippen LogP contribution in [0.4, 0.5) is 0 Å². The molecule has 172 valence electrons. The van der Waals surface area contributed by atoms with E-state index < -0.39 is 17.4 Å². The Hall–Kier alpha value is -2.17. The van der Waals surface area contributed by atoms with E-state index in [4.69, 9.17) is 23.2 Å². The van der Waals surface area contributed by atoms with Gasteiger partial charge in [-0.15, -0.1) is 0 Å². The van der Waals surface area contributed by atoms with Crippen molar-refractivity contribution in [3.63, 3.8) is 0 Å². The second kappa shape index (κ2) is 9.36. The number of imidazole rings is 1. The highest BCUT2D eigenvalue weighted by Crippen LogP contribution is 2.23. The lowest BCUT2D eigenvalue weighted by molar-refractivity contribution is 0.0627. The molecular formula is C21H26Cl2N6O3. The normalized spacial score (nSPS) is 16.7. The van der Waals surface area contributed by atoms with Crippen LogP contribution < -0.4 is 11.2 Å². The maximum atomic E-state index is 12.6. The molecule has 4 rings (SSSR count). The molecule has 0 spiro atoms. The number of benzene rings is 1. The quantitative estimate of drug-likeness (QED) is 0.564. The summed E-state index contributed by atoms with van der Waals surface area (Å²) in [6.07, 6.45) is 0.833. The summed E-state index contributed by atoms with van der Waals surface area (Å²) in [4.78, 5) is 33.4. The Morgan fingerprint density at radius 2 is 1.69 bits per heavy atom. The van der Waals surface area contributed by atoms with Crippen molar-refractivity contribution in [1.82, 2.24) is 28.5 Å². The van der Waals surface area contributed by atoms with E-state index in [0.717, 1.165) is 42.9 Å². The summed E-state index contributed by atoms with van der Waals surface area (Å²) in [5.41, 5.74) is 0.924. The topological polar surface area (TPSA) is 88.5 Å². The molecule has 2 aromatic heterocycles. The summed E-state index contributed by atoms with van der Waals surface area (Å²) in [5, 5.41) is 11.8. The average molecular weight is 481 g/mol. The van der Waals surface area contributed by atoms with Crippen molar-refractivity contribution < 1.29 is 5.11 Å². The minimum atomic E-state index is -0.670. The third-order valence-electron chi connectivity index (χ3n) is 5.95. The van der Waals surface area contributed by atoms with E-state index >= 15 is 0 Å². The molecule has 0 amide bonds. The number of aromatic nitrogens is 4. The number of rotatable bonds is 6. The largest absolute Gasteiger partial charge is 0.390 e. The van der Waals surface area contributed by atoms with Gasteiger partial charge in [0.2, 0.25) is 0 Å². The molecule has 0 saturated carbocycles. The molecule has 9 nitrogen and oxygen atoms in total. The predicted octanol–water partition coefficient (Wildman–Crippen LogP) is 0.919. The minimum absolute atomic E-state index is 0.230. The molecule has 0 aliphatic carbocycles. The number of hydrogen-bond acceptors (Lipinski definition) is 6. The number of β-amino-alcohol motifs (C(OH)–C–C–N with tert-alkyl or cyclic N) is 1. The first-order valence-corrected chi connectivity index (χ1v) is 11.2. The highest BCUT2D eigenvalue weighted by molar-refractivity contribution is 6.42. The molecule has 32 heavy (non-hydrogen) atoms. The molecular weight excluding hydrogens is 455 g/mol. The minimum Gasteiger partial charge on any atom is -0.390 e. The van der Waals surface area contributed by atoms with Crippen molar-refractivity contribution in [3.05, 3.63) is 61.0 Å². The van der Waals surface area contributed by atoms with Gasteiger partial charge in [0.05, 0.1) is 29.0 Å². The van der Waals surface area contributed by atoms with E-state index in [1.54, 1.807) is 11.6 Å². The van der Waals surface area contributed by atoms with E-state index in [-0.39, 0.29) is 6.54 Å². The molecule has 0 radical (unpaired) electrons. The second-order valence-corrected chi connectivity index (χ2v) is 9.07. The van der Waals surface area contributed by atoms with Crippen molar-refractivity contribution in [1.29, 1.82) is 0 Å². The molecule has 1 aromatic carbocycles. The number of aryl methyl sites for hydroxylation is 1. The SMILES string of the molecule is Cn1c(=O)c2c(ncn2CC(O)CN2CCN(Cc3ccc(Cl)c(Cl)c3)CC2)n(C)c1=O. The Labute approximate surface area is 195 Å². The van der Waals surface area contributed by atoms with Gasteiger partial charge in [-0.1, -0.05) is 29.3 Å². The van der Waals surface area contributed by atoms with E-state index in [0.29, 0.717) is 27.8 Å². The molecule has 3 aromatic rings. The zero-order chi connectivity index (χ0) is 23.0. The van der Waals surface area contributed by atoms with Gasteiger partial charge in [0, 0.05) is 53.4 Å². The Kier molecular flexibility index (Phi) is 6.73. The molecule has 1 saturated heterocycles. The lowest BCUT2D eigenvalue weighted by Gasteiger charge is -2.35. The Morgan fingerprint density at radius 1 is 1.00 bits per heavy atom. The Balaban J connectivity index is 1.35.